The number of hydrogen-bond acceptors (Lipinski definition) is 3. The van der Waals surface area contributed by atoms with Gasteiger partial charge in [-0.15, -0.1) is 0 Å². The Hall–Kier alpha value is -1.75. The minimum atomic E-state index is -0.709. The largest absolute Gasteiger partial charge is 0.490 e. The predicted octanol–water partition coefficient (Wildman–Crippen LogP) is 3.22. The van der Waals surface area contributed by atoms with Crippen LogP contribution in [0.15, 0.2) is 24.3 Å². The van der Waals surface area contributed by atoms with Crippen molar-refractivity contribution in [1.82, 2.24) is 10.2 Å². The number of hydrogen-bond donors (Lipinski definition) is 1. The van der Waals surface area contributed by atoms with Crippen molar-refractivity contribution in [2.24, 2.45) is 5.92 Å². The average Bonchev–Trinajstić information content (AvgIpc) is 2.77. The molecule has 2 atom stereocenters. The predicted molar refractivity (Wildman–Crippen MR) is 87.6 cm³/mol. The third-order valence-electron chi connectivity index (χ3n) is 4.91. The molecule has 3 amide bonds. The van der Waals surface area contributed by atoms with Crippen molar-refractivity contribution in [2.75, 3.05) is 13.2 Å². The first-order valence-corrected chi connectivity index (χ1v) is 8.44. The summed E-state index contributed by atoms with van der Waals surface area (Å²) in [6.45, 7) is 2.50. The number of benzene rings is 1. The minimum Gasteiger partial charge on any atom is -0.490 e. The third-order valence-corrected chi connectivity index (χ3v) is 5.22. The van der Waals surface area contributed by atoms with Gasteiger partial charge >= 0.3 is 6.03 Å². The molecule has 3 rings (SSSR count). The molecule has 124 valence electrons. The van der Waals surface area contributed by atoms with Gasteiger partial charge in [-0.3, -0.25) is 9.69 Å². The molecule has 2 aliphatic rings. The number of imide groups is 1. The molecular formula is C17H21ClN2O3. The van der Waals surface area contributed by atoms with Crippen molar-refractivity contribution in [1.29, 1.82) is 0 Å². The molecule has 1 aromatic carbocycles. The van der Waals surface area contributed by atoms with Crippen molar-refractivity contribution in [3.8, 4) is 5.75 Å². The number of nitrogens with one attached hydrogen (secondary N) is 1. The van der Waals surface area contributed by atoms with Crippen LogP contribution in [0.1, 0.15) is 32.6 Å². The van der Waals surface area contributed by atoms with E-state index < -0.39 is 5.54 Å². The maximum atomic E-state index is 12.8. The van der Waals surface area contributed by atoms with E-state index >= 15 is 0 Å². The van der Waals surface area contributed by atoms with E-state index in [1.165, 1.54) is 4.90 Å². The van der Waals surface area contributed by atoms with Gasteiger partial charge in [-0.2, -0.15) is 0 Å². The molecule has 1 spiro atoms. The molecule has 0 unspecified atom stereocenters. The highest BCUT2D eigenvalue weighted by molar-refractivity contribution is 6.32. The van der Waals surface area contributed by atoms with Gasteiger partial charge in [-0.25, -0.2) is 4.79 Å². The third kappa shape index (κ3) is 2.90. The van der Waals surface area contributed by atoms with Gasteiger partial charge in [0, 0.05) is 0 Å². The summed E-state index contributed by atoms with van der Waals surface area (Å²) in [5, 5.41) is 3.45. The number of carbonyl (C=O) groups is 2. The van der Waals surface area contributed by atoms with E-state index in [1.54, 1.807) is 12.1 Å². The van der Waals surface area contributed by atoms with Crippen LogP contribution in [0, 0.1) is 5.92 Å². The van der Waals surface area contributed by atoms with E-state index in [2.05, 4.69) is 5.32 Å². The Bertz CT molecular complexity index is 622. The first-order valence-electron chi connectivity index (χ1n) is 8.06. The standard InChI is InChI=1S/C17H21ClN2O3/c1-12-6-4-5-9-17(12)15(21)20(16(22)19-17)10-11-23-14-8-3-2-7-13(14)18/h2-3,7-8,12H,4-6,9-11H2,1H3,(H,19,22)/t12-,17+/m0/s1. The van der Waals surface area contributed by atoms with Gasteiger partial charge in [0.2, 0.25) is 0 Å². The first kappa shape index (κ1) is 16.1. The summed E-state index contributed by atoms with van der Waals surface area (Å²) in [5.74, 6) is 0.613. The van der Waals surface area contributed by atoms with Crippen LogP contribution < -0.4 is 10.1 Å². The second-order valence-corrected chi connectivity index (χ2v) is 6.69. The number of carbonyl (C=O) groups excluding carboxylic acids is 2. The number of halogens is 1. The number of nitrogens with zero attached hydrogens (tertiary/aromatic N) is 1. The maximum Gasteiger partial charge on any atom is 0.325 e. The molecule has 1 heterocycles. The van der Waals surface area contributed by atoms with Crippen LogP contribution in [0.4, 0.5) is 4.79 Å². The molecule has 0 aromatic heterocycles. The lowest BCUT2D eigenvalue weighted by Gasteiger charge is -2.36. The average molecular weight is 337 g/mol. The fourth-order valence-electron chi connectivity index (χ4n) is 3.51. The zero-order valence-corrected chi connectivity index (χ0v) is 13.9. The SMILES string of the molecule is C[C@H]1CCCC[C@@]12NC(=O)N(CCOc1ccccc1Cl)C2=O. The zero-order valence-electron chi connectivity index (χ0n) is 13.2. The number of para-hydroxylation sites is 1. The molecule has 1 saturated carbocycles. The van der Waals surface area contributed by atoms with Gasteiger partial charge in [0.1, 0.15) is 17.9 Å². The normalized spacial score (nSPS) is 27.4. The Morgan fingerprint density at radius 2 is 2.13 bits per heavy atom. The fraction of sp³-hybridized carbons (Fsp3) is 0.529. The van der Waals surface area contributed by atoms with Crippen molar-refractivity contribution in [2.45, 2.75) is 38.1 Å². The van der Waals surface area contributed by atoms with Crippen LogP contribution >= 0.6 is 11.6 Å². The van der Waals surface area contributed by atoms with Crippen LogP contribution in [0.2, 0.25) is 5.02 Å². The van der Waals surface area contributed by atoms with Gasteiger partial charge in [-0.1, -0.05) is 43.5 Å². The first-order chi connectivity index (χ1) is 11.0. The maximum absolute atomic E-state index is 12.8. The highest BCUT2D eigenvalue weighted by Gasteiger charge is 2.54. The van der Waals surface area contributed by atoms with Crippen LogP contribution in [-0.4, -0.2) is 35.5 Å². The second-order valence-electron chi connectivity index (χ2n) is 6.28. The lowest BCUT2D eigenvalue weighted by atomic mass is 9.73. The van der Waals surface area contributed by atoms with Gasteiger partial charge in [0.15, 0.2) is 0 Å². The number of urea groups is 1. The summed E-state index contributed by atoms with van der Waals surface area (Å²) >= 11 is 6.03. The summed E-state index contributed by atoms with van der Waals surface area (Å²) in [6, 6.07) is 6.84. The summed E-state index contributed by atoms with van der Waals surface area (Å²) in [7, 11) is 0. The lowest BCUT2D eigenvalue weighted by Crippen LogP contribution is -2.54. The van der Waals surface area contributed by atoms with Crippen molar-refractivity contribution >= 4 is 23.5 Å². The topological polar surface area (TPSA) is 58.6 Å². The summed E-state index contributed by atoms with van der Waals surface area (Å²) in [4.78, 5) is 26.3. The van der Waals surface area contributed by atoms with E-state index in [0.717, 1.165) is 25.7 Å². The quantitative estimate of drug-likeness (QED) is 0.859. The molecule has 5 nitrogen and oxygen atoms in total. The van der Waals surface area contributed by atoms with Crippen molar-refractivity contribution < 1.29 is 14.3 Å². The molecule has 23 heavy (non-hydrogen) atoms. The lowest BCUT2D eigenvalue weighted by molar-refractivity contribution is -0.134. The molecule has 1 aliphatic carbocycles. The summed E-state index contributed by atoms with van der Waals surface area (Å²) in [5.41, 5.74) is -0.709. The Morgan fingerprint density at radius 3 is 2.87 bits per heavy atom. The van der Waals surface area contributed by atoms with Crippen LogP contribution in [0.25, 0.3) is 0 Å². The van der Waals surface area contributed by atoms with E-state index in [0.29, 0.717) is 10.8 Å². The summed E-state index contributed by atoms with van der Waals surface area (Å²) in [6.07, 6.45) is 3.78. The smallest absolute Gasteiger partial charge is 0.325 e. The number of amides is 3. The van der Waals surface area contributed by atoms with Crippen LogP contribution in [0.5, 0.6) is 5.75 Å². The highest BCUT2D eigenvalue weighted by atomic mass is 35.5. The Balaban J connectivity index is 1.63. The van der Waals surface area contributed by atoms with E-state index in [9.17, 15) is 9.59 Å². The molecule has 0 bridgehead atoms. The molecule has 6 heteroatoms. The Morgan fingerprint density at radius 1 is 1.35 bits per heavy atom. The van der Waals surface area contributed by atoms with Crippen LogP contribution in [0.3, 0.4) is 0 Å². The number of ether oxygens (including phenoxy) is 1. The summed E-state index contributed by atoms with van der Waals surface area (Å²) < 4.78 is 5.59. The van der Waals surface area contributed by atoms with Gasteiger partial charge in [0.05, 0.1) is 11.6 Å². The Kier molecular flexibility index (Phi) is 4.48. The molecule has 1 aromatic rings. The van der Waals surface area contributed by atoms with Gasteiger partial charge in [0.25, 0.3) is 5.91 Å². The van der Waals surface area contributed by atoms with E-state index in [4.69, 9.17) is 16.3 Å². The fourth-order valence-corrected chi connectivity index (χ4v) is 3.70. The molecular weight excluding hydrogens is 316 g/mol. The van der Waals surface area contributed by atoms with Gasteiger partial charge in [-0.05, 0) is 30.9 Å². The van der Waals surface area contributed by atoms with E-state index in [-0.39, 0.29) is 31.0 Å². The van der Waals surface area contributed by atoms with Crippen molar-refractivity contribution in [3.63, 3.8) is 0 Å². The van der Waals surface area contributed by atoms with E-state index in [1.807, 2.05) is 19.1 Å². The van der Waals surface area contributed by atoms with Gasteiger partial charge < -0.3 is 10.1 Å². The second kappa shape index (κ2) is 6.40. The van der Waals surface area contributed by atoms with Crippen LogP contribution in [-0.2, 0) is 4.79 Å². The number of rotatable bonds is 4. The Labute approximate surface area is 140 Å². The molecule has 1 aliphatic heterocycles. The monoisotopic (exact) mass is 336 g/mol. The molecule has 1 saturated heterocycles. The zero-order chi connectivity index (χ0) is 16.4. The van der Waals surface area contributed by atoms with Crippen molar-refractivity contribution in [3.05, 3.63) is 29.3 Å². The molecule has 1 N–H and O–H groups in total. The highest BCUT2D eigenvalue weighted by Crippen LogP contribution is 2.38. The molecule has 0 radical (unpaired) electrons. The minimum absolute atomic E-state index is 0.113. The molecule has 2 fully saturated rings.